The second-order valence-electron chi connectivity index (χ2n) is 6.16. The molecule has 0 unspecified atom stereocenters. The fourth-order valence-electron chi connectivity index (χ4n) is 3.76. The maximum Gasteiger partial charge on any atom is 0.266 e. The molecule has 2 aliphatic heterocycles. The smallest absolute Gasteiger partial charge is 0.266 e. The maximum absolute atomic E-state index is 13.0. The zero-order chi connectivity index (χ0) is 17.0. The van der Waals surface area contributed by atoms with Crippen LogP contribution in [0.3, 0.4) is 0 Å². The summed E-state index contributed by atoms with van der Waals surface area (Å²) in [6.45, 7) is 0. The van der Waals surface area contributed by atoms with Crippen LogP contribution in [0.5, 0.6) is 0 Å². The van der Waals surface area contributed by atoms with Crippen LogP contribution in [0.1, 0.15) is 5.56 Å². The number of hydrogen-bond donors (Lipinski definition) is 1. The summed E-state index contributed by atoms with van der Waals surface area (Å²) >= 11 is 1.39. The van der Waals surface area contributed by atoms with Crippen molar-refractivity contribution in [1.29, 1.82) is 0 Å². The zero-order valence-corrected chi connectivity index (χ0v) is 14.0. The lowest BCUT2D eigenvalue weighted by Crippen LogP contribution is -2.47. The molecule has 2 aliphatic rings. The molecular formula is C20H14N2O2S. The van der Waals surface area contributed by atoms with Crippen molar-refractivity contribution >= 4 is 45.7 Å². The van der Waals surface area contributed by atoms with Gasteiger partial charge in [-0.3, -0.25) is 14.5 Å². The Balaban J connectivity index is 1.80. The molecule has 2 heterocycles. The number of nitrogens with zero attached hydrogens (tertiary/aromatic N) is 1. The first-order valence-corrected chi connectivity index (χ1v) is 9.06. The third-order valence-electron chi connectivity index (χ3n) is 4.82. The van der Waals surface area contributed by atoms with E-state index in [4.69, 9.17) is 0 Å². The molecule has 5 rings (SSSR count). The molecule has 0 radical (unpaired) electrons. The Hall–Kier alpha value is -2.79. The number of fused-ring (bicyclic) bond motifs is 3. The number of carbonyl (C=O) groups is 2. The molecule has 4 nitrogen and oxygen atoms in total. The van der Waals surface area contributed by atoms with Crippen LogP contribution in [0.15, 0.2) is 66.7 Å². The molecule has 1 N–H and O–H groups in total. The highest BCUT2D eigenvalue weighted by Gasteiger charge is 2.58. The van der Waals surface area contributed by atoms with Crippen LogP contribution in [0.2, 0.25) is 0 Å². The van der Waals surface area contributed by atoms with Gasteiger partial charge in [0, 0.05) is 16.6 Å². The van der Waals surface area contributed by atoms with Gasteiger partial charge in [-0.1, -0.05) is 54.6 Å². The number of amides is 2. The van der Waals surface area contributed by atoms with Gasteiger partial charge in [0.25, 0.3) is 5.91 Å². The average Bonchev–Trinajstić information content (AvgIpc) is 3.13. The van der Waals surface area contributed by atoms with Crippen molar-refractivity contribution in [1.82, 2.24) is 0 Å². The van der Waals surface area contributed by atoms with Gasteiger partial charge in [-0.2, -0.15) is 0 Å². The minimum Gasteiger partial charge on any atom is -0.323 e. The number of thioether (sulfide) groups is 1. The normalized spacial score (nSPS) is 21.8. The molecule has 0 saturated carbocycles. The van der Waals surface area contributed by atoms with Crippen molar-refractivity contribution in [3.05, 3.63) is 72.3 Å². The van der Waals surface area contributed by atoms with E-state index < -0.39 is 4.87 Å². The number of benzene rings is 3. The Morgan fingerprint density at radius 3 is 2.60 bits per heavy atom. The highest BCUT2D eigenvalue weighted by molar-refractivity contribution is 8.02. The predicted molar refractivity (Wildman–Crippen MR) is 101 cm³/mol. The lowest BCUT2D eigenvalue weighted by Gasteiger charge is -2.33. The Bertz CT molecular complexity index is 1040. The molecular weight excluding hydrogens is 332 g/mol. The standard InChI is InChI=1S/C20H14N2O2S/c23-18-12-25-20(15-9-3-4-10-16(15)21-19(20)24)22(18)17-11-5-7-13-6-1-2-8-14(13)17/h1-11H,12H2,(H,21,24)/t20-/m1/s1. The highest BCUT2D eigenvalue weighted by atomic mass is 32.2. The van der Waals surface area contributed by atoms with Gasteiger partial charge in [0.2, 0.25) is 10.8 Å². The van der Waals surface area contributed by atoms with E-state index in [1.165, 1.54) is 11.8 Å². The molecule has 1 atom stereocenters. The SMILES string of the molecule is O=C1CS[C@]2(C(=O)Nc3ccccc32)N1c1cccc2ccccc12. The van der Waals surface area contributed by atoms with Gasteiger partial charge in [0.1, 0.15) is 0 Å². The van der Waals surface area contributed by atoms with E-state index in [2.05, 4.69) is 5.32 Å². The molecule has 3 aromatic carbocycles. The monoisotopic (exact) mass is 346 g/mol. The van der Waals surface area contributed by atoms with Gasteiger partial charge in [0.15, 0.2) is 0 Å². The second kappa shape index (κ2) is 5.10. The van der Waals surface area contributed by atoms with Gasteiger partial charge >= 0.3 is 0 Å². The first-order chi connectivity index (χ1) is 12.2. The summed E-state index contributed by atoms with van der Waals surface area (Å²) in [6.07, 6.45) is 0. The lowest BCUT2D eigenvalue weighted by atomic mass is 10.0. The minimum absolute atomic E-state index is 0.0480. The van der Waals surface area contributed by atoms with Crippen LogP contribution in [0.25, 0.3) is 10.8 Å². The molecule has 1 fully saturated rings. The van der Waals surface area contributed by atoms with E-state index in [0.29, 0.717) is 0 Å². The summed E-state index contributed by atoms with van der Waals surface area (Å²) in [5.74, 6) is 0.0796. The molecule has 0 aromatic heterocycles. The van der Waals surface area contributed by atoms with E-state index >= 15 is 0 Å². The van der Waals surface area contributed by atoms with Crippen molar-refractivity contribution in [2.45, 2.75) is 4.87 Å². The van der Waals surface area contributed by atoms with E-state index in [-0.39, 0.29) is 17.6 Å². The number of nitrogens with one attached hydrogen (secondary N) is 1. The van der Waals surface area contributed by atoms with Crippen molar-refractivity contribution < 1.29 is 9.59 Å². The zero-order valence-electron chi connectivity index (χ0n) is 13.2. The van der Waals surface area contributed by atoms with Crippen molar-refractivity contribution in [3.63, 3.8) is 0 Å². The Morgan fingerprint density at radius 2 is 1.68 bits per heavy atom. The van der Waals surface area contributed by atoms with Gasteiger partial charge in [0.05, 0.1) is 11.4 Å². The summed E-state index contributed by atoms with van der Waals surface area (Å²) in [6, 6.07) is 21.4. The third kappa shape index (κ3) is 1.84. The summed E-state index contributed by atoms with van der Waals surface area (Å²) < 4.78 is 0. The van der Waals surface area contributed by atoms with Crippen molar-refractivity contribution in [2.24, 2.45) is 0 Å². The fraction of sp³-hybridized carbons (Fsp3) is 0.100. The maximum atomic E-state index is 13.0. The van der Waals surface area contributed by atoms with Crippen LogP contribution >= 0.6 is 11.8 Å². The molecule has 1 spiro atoms. The molecule has 1 saturated heterocycles. The summed E-state index contributed by atoms with van der Waals surface area (Å²) in [5, 5.41) is 4.96. The lowest BCUT2D eigenvalue weighted by molar-refractivity contribution is -0.122. The number of anilines is 2. The number of hydrogen-bond acceptors (Lipinski definition) is 3. The minimum atomic E-state index is -1.03. The van der Waals surface area contributed by atoms with Crippen LogP contribution in [0.4, 0.5) is 11.4 Å². The van der Waals surface area contributed by atoms with Crippen LogP contribution in [0, 0.1) is 0 Å². The number of para-hydroxylation sites is 1. The number of carbonyl (C=O) groups excluding carboxylic acids is 2. The van der Waals surface area contributed by atoms with E-state index in [1.54, 1.807) is 4.90 Å². The molecule has 0 aliphatic carbocycles. The molecule has 2 amide bonds. The van der Waals surface area contributed by atoms with Gasteiger partial charge in [-0.05, 0) is 17.5 Å². The summed E-state index contributed by atoms with van der Waals surface area (Å²) in [4.78, 5) is 26.5. The van der Waals surface area contributed by atoms with E-state index in [0.717, 1.165) is 27.7 Å². The van der Waals surface area contributed by atoms with Crippen LogP contribution < -0.4 is 10.2 Å². The summed E-state index contributed by atoms with van der Waals surface area (Å²) in [5.41, 5.74) is 2.41. The topological polar surface area (TPSA) is 49.4 Å². The molecule has 3 aromatic rings. The molecule has 25 heavy (non-hydrogen) atoms. The molecule has 122 valence electrons. The Morgan fingerprint density at radius 1 is 0.920 bits per heavy atom. The van der Waals surface area contributed by atoms with Crippen molar-refractivity contribution in [3.8, 4) is 0 Å². The number of rotatable bonds is 1. The highest BCUT2D eigenvalue weighted by Crippen LogP contribution is 2.54. The fourth-order valence-corrected chi connectivity index (χ4v) is 5.07. The first-order valence-electron chi connectivity index (χ1n) is 8.07. The largest absolute Gasteiger partial charge is 0.323 e. The Kier molecular flexibility index (Phi) is 2.97. The van der Waals surface area contributed by atoms with Gasteiger partial charge in [-0.15, -0.1) is 11.8 Å². The first kappa shape index (κ1) is 14.5. The van der Waals surface area contributed by atoms with E-state index in [1.807, 2.05) is 66.7 Å². The second-order valence-corrected chi connectivity index (χ2v) is 7.33. The summed E-state index contributed by atoms with van der Waals surface area (Å²) in [7, 11) is 0. The third-order valence-corrected chi connectivity index (χ3v) is 6.22. The van der Waals surface area contributed by atoms with Crippen LogP contribution in [-0.2, 0) is 14.5 Å². The predicted octanol–water partition coefficient (Wildman–Crippen LogP) is 3.72. The van der Waals surface area contributed by atoms with E-state index in [9.17, 15) is 9.59 Å². The molecule has 0 bridgehead atoms. The Labute approximate surface area is 148 Å². The quantitative estimate of drug-likeness (QED) is 0.730. The van der Waals surface area contributed by atoms with Gasteiger partial charge < -0.3 is 5.32 Å². The van der Waals surface area contributed by atoms with Crippen LogP contribution in [-0.4, -0.2) is 17.6 Å². The molecule has 5 heteroatoms. The van der Waals surface area contributed by atoms with Crippen molar-refractivity contribution in [2.75, 3.05) is 16.0 Å². The van der Waals surface area contributed by atoms with Gasteiger partial charge in [-0.25, -0.2) is 0 Å². The average molecular weight is 346 g/mol.